The Morgan fingerprint density at radius 1 is 1.14 bits per heavy atom. The number of ether oxygens (including phenoxy) is 1. The average Bonchev–Trinajstić information content (AvgIpc) is 2.56. The zero-order valence-electron chi connectivity index (χ0n) is 12.1. The van der Waals surface area contributed by atoms with Crippen molar-refractivity contribution in [3.63, 3.8) is 0 Å². The van der Waals surface area contributed by atoms with E-state index in [1.807, 2.05) is 36.4 Å². The first-order valence-corrected chi connectivity index (χ1v) is 6.86. The SMILES string of the molecule is COCc1ccc(NC(=O)c2cnc3ccccc3c2)cn1. The highest BCUT2D eigenvalue weighted by molar-refractivity contribution is 6.05. The average molecular weight is 293 g/mol. The van der Waals surface area contributed by atoms with Crippen LogP contribution in [-0.4, -0.2) is 23.0 Å². The molecule has 2 aromatic heterocycles. The zero-order valence-corrected chi connectivity index (χ0v) is 12.1. The van der Waals surface area contributed by atoms with Gasteiger partial charge < -0.3 is 10.1 Å². The minimum Gasteiger partial charge on any atom is -0.378 e. The number of nitrogens with zero attached hydrogens (tertiary/aromatic N) is 2. The van der Waals surface area contributed by atoms with Gasteiger partial charge in [-0.05, 0) is 24.3 Å². The summed E-state index contributed by atoms with van der Waals surface area (Å²) in [6.45, 7) is 0.447. The Bertz CT molecular complexity index is 800. The lowest BCUT2D eigenvalue weighted by Gasteiger charge is -2.06. The van der Waals surface area contributed by atoms with E-state index in [2.05, 4.69) is 15.3 Å². The van der Waals surface area contributed by atoms with E-state index in [0.29, 0.717) is 17.9 Å². The number of carbonyl (C=O) groups excluding carboxylic acids is 1. The largest absolute Gasteiger partial charge is 0.378 e. The summed E-state index contributed by atoms with van der Waals surface area (Å²) in [5, 5.41) is 3.74. The number of hydrogen-bond acceptors (Lipinski definition) is 4. The van der Waals surface area contributed by atoms with Crippen LogP contribution < -0.4 is 5.32 Å². The van der Waals surface area contributed by atoms with Crippen molar-refractivity contribution in [3.8, 4) is 0 Å². The number of aromatic nitrogens is 2. The first-order chi connectivity index (χ1) is 10.8. The van der Waals surface area contributed by atoms with Gasteiger partial charge in [0.25, 0.3) is 5.91 Å². The molecule has 22 heavy (non-hydrogen) atoms. The molecule has 0 unspecified atom stereocenters. The molecule has 0 saturated heterocycles. The van der Waals surface area contributed by atoms with Gasteiger partial charge >= 0.3 is 0 Å². The van der Waals surface area contributed by atoms with Gasteiger partial charge in [-0.2, -0.15) is 0 Å². The molecule has 0 aliphatic heterocycles. The van der Waals surface area contributed by atoms with E-state index in [0.717, 1.165) is 16.6 Å². The van der Waals surface area contributed by atoms with Crippen molar-refractivity contribution in [1.82, 2.24) is 9.97 Å². The van der Waals surface area contributed by atoms with Crippen LogP contribution in [0.15, 0.2) is 54.9 Å². The van der Waals surface area contributed by atoms with Crippen LogP contribution in [0, 0.1) is 0 Å². The number of rotatable bonds is 4. The van der Waals surface area contributed by atoms with Crippen LogP contribution in [0.2, 0.25) is 0 Å². The number of para-hydroxylation sites is 1. The maximum absolute atomic E-state index is 12.3. The van der Waals surface area contributed by atoms with Crippen molar-refractivity contribution in [2.24, 2.45) is 0 Å². The van der Waals surface area contributed by atoms with E-state index < -0.39 is 0 Å². The van der Waals surface area contributed by atoms with Crippen molar-refractivity contribution in [2.45, 2.75) is 6.61 Å². The minimum absolute atomic E-state index is 0.209. The van der Waals surface area contributed by atoms with Crippen LogP contribution >= 0.6 is 0 Å². The molecule has 1 aromatic carbocycles. The van der Waals surface area contributed by atoms with E-state index in [-0.39, 0.29) is 5.91 Å². The maximum Gasteiger partial charge on any atom is 0.257 e. The number of carbonyl (C=O) groups is 1. The highest BCUT2D eigenvalue weighted by Gasteiger charge is 2.08. The molecule has 3 aromatic rings. The molecule has 1 N–H and O–H groups in total. The number of fused-ring (bicyclic) bond motifs is 1. The number of methoxy groups -OCH3 is 1. The van der Waals surface area contributed by atoms with Crippen LogP contribution in [0.1, 0.15) is 16.1 Å². The molecule has 110 valence electrons. The number of anilines is 1. The summed E-state index contributed by atoms with van der Waals surface area (Å²) in [4.78, 5) is 20.8. The van der Waals surface area contributed by atoms with Gasteiger partial charge in [-0.3, -0.25) is 14.8 Å². The number of nitrogens with one attached hydrogen (secondary N) is 1. The van der Waals surface area contributed by atoms with Crippen molar-refractivity contribution in [1.29, 1.82) is 0 Å². The van der Waals surface area contributed by atoms with Crippen LogP contribution in [0.25, 0.3) is 10.9 Å². The third-order valence-corrected chi connectivity index (χ3v) is 3.23. The first-order valence-electron chi connectivity index (χ1n) is 6.86. The van der Waals surface area contributed by atoms with Gasteiger partial charge in [-0.15, -0.1) is 0 Å². The monoisotopic (exact) mass is 293 g/mol. The molecule has 0 aliphatic carbocycles. The fourth-order valence-corrected chi connectivity index (χ4v) is 2.13. The Morgan fingerprint density at radius 3 is 2.77 bits per heavy atom. The lowest BCUT2D eigenvalue weighted by atomic mass is 10.1. The van der Waals surface area contributed by atoms with Gasteiger partial charge in [0, 0.05) is 18.7 Å². The molecule has 1 amide bonds. The van der Waals surface area contributed by atoms with E-state index in [9.17, 15) is 4.79 Å². The molecule has 0 atom stereocenters. The summed E-state index contributed by atoms with van der Waals surface area (Å²) in [6.07, 6.45) is 3.19. The highest BCUT2D eigenvalue weighted by Crippen LogP contribution is 2.14. The third-order valence-electron chi connectivity index (χ3n) is 3.23. The standard InChI is InChI=1S/C17H15N3O2/c1-22-11-15-7-6-14(10-18-15)20-17(21)13-8-12-4-2-3-5-16(12)19-9-13/h2-10H,11H2,1H3,(H,20,21). The van der Waals surface area contributed by atoms with Gasteiger partial charge in [0.05, 0.1) is 35.3 Å². The smallest absolute Gasteiger partial charge is 0.257 e. The Morgan fingerprint density at radius 2 is 2.00 bits per heavy atom. The van der Waals surface area contributed by atoms with E-state index in [1.165, 1.54) is 0 Å². The van der Waals surface area contributed by atoms with E-state index in [1.54, 1.807) is 25.6 Å². The summed E-state index contributed by atoms with van der Waals surface area (Å²) in [6, 6.07) is 13.1. The normalized spacial score (nSPS) is 10.6. The van der Waals surface area contributed by atoms with Crippen molar-refractivity contribution < 1.29 is 9.53 Å². The van der Waals surface area contributed by atoms with Gasteiger partial charge in [0.15, 0.2) is 0 Å². The molecule has 3 rings (SSSR count). The lowest BCUT2D eigenvalue weighted by molar-refractivity contribution is 0.102. The molecule has 0 radical (unpaired) electrons. The Balaban J connectivity index is 1.77. The van der Waals surface area contributed by atoms with E-state index >= 15 is 0 Å². The topological polar surface area (TPSA) is 64.1 Å². The van der Waals surface area contributed by atoms with Gasteiger partial charge in [-0.25, -0.2) is 0 Å². The quantitative estimate of drug-likeness (QED) is 0.803. The Labute approximate surface area is 128 Å². The molecular weight excluding hydrogens is 278 g/mol. The zero-order chi connectivity index (χ0) is 15.4. The number of hydrogen-bond donors (Lipinski definition) is 1. The highest BCUT2D eigenvalue weighted by atomic mass is 16.5. The van der Waals surface area contributed by atoms with Gasteiger partial charge in [0.1, 0.15) is 0 Å². The van der Waals surface area contributed by atoms with Gasteiger partial charge in [0.2, 0.25) is 0 Å². The number of benzene rings is 1. The molecule has 0 bridgehead atoms. The van der Waals surface area contributed by atoms with Gasteiger partial charge in [-0.1, -0.05) is 18.2 Å². The molecule has 0 aliphatic rings. The molecule has 2 heterocycles. The minimum atomic E-state index is -0.209. The summed E-state index contributed by atoms with van der Waals surface area (Å²) < 4.78 is 5.00. The van der Waals surface area contributed by atoms with Crippen LogP contribution in [0.4, 0.5) is 5.69 Å². The van der Waals surface area contributed by atoms with Crippen molar-refractivity contribution >= 4 is 22.5 Å². The van der Waals surface area contributed by atoms with Crippen LogP contribution in [0.5, 0.6) is 0 Å². The van der Waals surface area contributed by atoms with E-state index in [4.69, 9.17) is 4.74 Å². The molecular formula is C17H15N3O2. The fraction of sp³-hybridized carbons (Fsp3) is 0.118. The maximum atomic E-state index is 12.3. The molecule has 5 nitrogen and oxygen atoms in total. The molecule has 0 saturated carbocycles. The lowest BCUT2D eigenvalue weighted by Crippen LogP contribution is -2.12. The second-order valence-corrected chi connectivity index (χ2v) is 4.84. The second-order valence-electron chi connectivity index (χ2n) is 4.84. The van der Waals surface area contributed by atoms with Crippen LogP contribution in [0.3, 0.4) is 0 Å². The molecule has 0 spiro atoms. The summed E-state index contributed by atoms with van der Waals surface area (Å²) in [7, 11) is 1.62. The van der Waals surface area contributed by atoms with Crippen LogP contribution in [-0.2, 0) is 11.3 Å². The molecule has 0 fully saturated rings. The predicted molar refractivity (Wildman–Crippen MR) is 84.6 cm³/mol. The Hall–Kier alpha value is -2.79. The third kappa shape index (κ3) is 3.10. The Kier molecular flexibility index (Phi) is 4.07. The molecule has 5 heteroatoms. The number of pyridine rings is 2. The van der Waals surface area contributed by atoms with Crippen molar-refractivity contribution in [3.05, 3.63) is 66.1 Å². The first kappa shape index (κ1) is 14.2. The van der Waals surface area contributed by atoms with Crippen molar-refractivity contribution in [2.75, 3.05) is 12.4 Å². The fourth-order valence-electron chi connectivity index (χ4n) is 2.13. The summed E-state index contributed by atoms with van der Waals surface area (Å²) >= 11 is 0. The predicted octanol–water partition coefficient (Wildman–Crippen LogP) is 3.03. The summed E-state index contributed by atoms with van der Waals surface area (Å²) in [5.41, 5.74) is 2.83. The summed E-state index contributed by atoms with van der Waals surface area (Å²) in [5.74, 6) is -0.209. The second kappa shape index (κ2) is 6.32. The number of amides is 1.